The van der Waals surface area contributed by atoms with Gasteiger partial charge in [-0.05, 0) is 23.1 Å². The van der Waals surface area contributed by atoms with Crippen molar-refractivity contribution in [3.8, 4) is 0 Å². The molecule has 0 spiro atoms. The number of nitrogens with one attached hydrogen (secondary N) is 3. The minimum Gasteiger partial charge on any atom is -0.361 e. The van der Waals surface area contributed by atoms with E-state index in [1.165, 1.54) is 16.5 Å². The number of aromatic nitrogens is 3. The highest BCUT2D eigenvalue weighted by atomic mass is 15.1. The van der Waals surface area contributed by atoms with Gasteiger partial charge in [-0.3, -0.25) is 5.10 Å². The van der Waals surface area contributed by atoms with Crippen LogP contribution in [0.15, 0.2) is 42.7 Å². The molecule has 0 saturated carbocycles. The standard InChI is InChI=1S/C13H14N4/c1-2-10-4-6-15-13(10)11(3-1)8-14-9-12-5-7-16-17-12/h1-7,14-15H,8-9H2,(H,16,17). The van der Waals surface area contributed by atoms with E-state index in [1.54, 1.807) is 6.20 Å². The van der Waals surface area contributed by atoms with Crippen LogP contribution in [0, 0.1) is 0 Å². The number of rotatable bonds is 4. The van der Waals surface area contributed by atoms with Gasteiger partial charge >= 0.3 is 0 Å². The Morgan fingerprint density at radius 2 is 2.12 bits per heavy atom. The number of hydrogen-bond acceptors (Lipinski definition) is 2. The van der Waals surface area contributed by atoms with Gasteiger partial charge in [0.25, 0.3) is 0 Å². The Hall–Kier alpha value is -2.07. The smallest absolute Gasteiger partial charge is 0.0499 e. The molecule has 17 heavy (non-hydrogen) atoms. The normalized spacial score (nSPS) is 11.1. The van der Waals surface area contributed by atoms with Gasteiger partial charge in [-0.1, -0.05) is 18.2 Å². The predicted molar refractivity (Wildman–Crippen MR) is 67.4 cm³/mol. The lowest BCUT2D eigenvalue weighted by atomic mass is 10.1. The number of para-hydroxylation sites is 1. The molecule has 0 fully saturated rings. The molecule has 0 aliphatic rings. The van der Waals surface area contributed by atoms with Crippen molar-refractivity contribution in [1.82, 2.24) is 20.5 Å². The van der Waals surface area contributed by atoms with Crippen molar-refractivity contribution in [2.75, 3.05) is 0 Å². The summed E-state index contributed by atoms with van der Waals surface area (Å²) >= 11 is 0. The monoisotopic (exact) mass is 226 g/mol. The van der Waals surface area contributed by atoms with Crippen LogP contribution in [0.5, 0.6) is 0 Å². The van der Waals surface area contributed by atoms with Gasteiger partial charge in [0, 0.05) is 36.7 Å². The van der Waals surface area contributed by atoms with Crippen LogP contribution in [0.25, 0.3) is 10.9 Å². The Balaban J connectivity index is 1.70. The molecule has 3 rings (SSSR count). The maximum atomic E-state index is 3.92. The maximum Gasteiger partial charge on any atom is 0.0499 e. The molecular formula is C13H14N4. The lowest BCUT2D eigenvalue weighted by Crippen LogP contribution is -2.13. The molecule has 0 bridgehead atoms. The summed E-state index contributed by atoms with van der Waals surface area (Å²) in [5.41, 5.74) is 3.60. The van der Waals surface area contributed by atoms with E-state index in [1.807, 2.05) is 12.3 Å². The van der Waals surface area contributed by atoms with Gasteiger partial charge in [-0.2, -0.15) is 5.10 Å². The first-order valence-corrected chi connectivity index (χ1v) is 5.67. The Morgan fingerprint density at radius 1 is 1.12 bits per heavy atom. The van der Waals surface area contributed by atoms with Crippen LogP contribution in [-0.2, 0) is 13.1 Å². The Labute approximate surface area is 99.1 Å². The SMILES string of the molecule is c1cc(CNCc2ccn[nH]2)c2[nH]ccc2c1. The summed E-state index contributed by atoms with van der Waals surface area (Å²) in [6.07, 6.45) is 3.74. The average Bonchev–Trinajstić information content (AvgIpc) is 2.99. The van der Waals surface area contributed by atoms with E-state index in [9.17, 15) is 0 Å². The summed E-state index contributed by atoms with van der Waals surface area (Å²) in [6, 6.07) is 10.4. The van der Waals surface area contributed by atoms with Crippen molar-refractivity contribution in [3.05, 3.63) is 54.0 Å². The van der Waals surface area contributed by atoms with Crippen molar-refractivity contribution < 1.29 is 0 Å². The number of H-pyrrole nitrogens is 2. The molecule has 0 aliphatic heterocycles. The molecule has 0 saturated heterocycles. The second kappa shape index (κ2) is 4.43. The Kier molecular flexibility index (Phi) is 2.63. The zero-order valence-corrected chi connectivity index (χ0v) is 9.40. The van der Waals surface area contributed by atoms with E-state index >= 15 is 0 Å². The second-order valence-electron chi connectivity index (χ2n) is 4.04. The van der Waals surface area contributed by atoms with Crippen LogP contribution in [0.3, 0.4) is 0 Å². The molecule has 4 nitrogen and oxygen atoms in total. The van der Waals surface area contributed by atoms with Gasteiger partial charge in [-0.25, -0.2) is 0 Å². The molecule has 3 aromatic rings. The fourth-order valence-corrected chi connectivity index (χ4v) is 2.01. The zero-order valence-electron chi connectivity index (χ0n) is 9.40. The fraction of sp³-hybridized carbons (Fsp3) is 0.154. The van der Waals surface area contributed by atoms with Crippen molar-refractivity contribution in [1.29, 1.82) is 0 Å². The third kappa shape index (κ3) is 2.07. The molecule has 0 radical (unpaired) electrons. The van der Waals surface area contributed by atoms with Crippen LogP contribution >= 0.6 is 0 Å². The molecule has 0 atom stereocenters. The van der Waals surface area contributed by atoms with E-state index in [-0.39, 0.29) is 0 Å². The minimum atomic E-state index is 0.803. The molecule has 86 valence electrons. The van der Waals surface area contributed by atoms with Crippen LogP contribution in [-0.4, -0.2) is 15.2 Å². The van der Waals surface area contributed by atoms with E-state index in [0.717, 1.165) is 18.8 Å². The highest BCUT2D eigenvalue weighted by Crippen LogP contribution is 2.16. The van der Waals surface area contributed by atoms with Crippen molar-refractivity contribution in [2.24, 2.45) is 0 Å². The molecule has 1 aromatic carbocycles. The van der Waals surface area contributed by atoms with Gasteiger partial charge < -0.3 is 10.3 Å². The molecule has 0 unspecified atom stereocenters. The quantitative estimate of drug-likeness (QED) is 0.638. The number of hydrogen-bond donors (Lipinski definition) is 3. The number of aromatic amines is 2. The first kappa shape index (κ1) is 10.1. The van der Waals surface area contributed by atoms with Gasteiger partial charge in [0.05, 0.1) is 0 Å². The summed E-state index contributed by atoms with van der Waals surface area (Å²) < 4.78 is 0. The lowest BCUT2D eigenvalue weighted by Gasteiger charge is -2.05. The van der Waals surface area contributed by atoms with Crippen LogP contribution in [0.4, 0.5) is 0 Å². The van der Waals surface area contributed by atoms with E-state index in [2.05, 4.69) is 44.8 Å². The van der Waals surface area contributed by atoms with Gasteiger partial charge in [-0.15, -0.1) is 0 Å². The van der Waals surface area contributed by atoms with Crippen molar-refractivity contribution in [3.63, 3.8) is 0 Å². The van der Waals surface area contributed by atoms with Crippen LogP contribution in [0.1, 0.15) is 11.3 Å². The third-order valence-corrected chi connectivity index (χ3v) is 2.86. The van der Waals surface area contributed by atoms with Crippen LogP contribution in [0.2, 0.25) is 0 Å². The van der Waals surface area contributed by atoms with Gasteiger partial charge in [0.2, 0.25) is 0 Å². The summed E-state index contributed by atoms with van der Waals surface area (Å²) in [5, 5.41) is 11.5. The zero-order chi connectivity index (χ0) is 11.5. The van der Waals surface area contributed by atoms with Crippen molar-refractivity contribution >= 4 is 10.9 Å². The molecule has 2 heterocycles. The number of benzene rings is 1. The Morgan fingerprint density at radius 3 is 3.00 bits per heavy atom. The summed E-state index contributed by atoms with van der Waals surface area (Å²) in [7, 11) is 0. The van der Waals surface area contributed by atoms with Gasteiger partial charge in [0.15, 0.2) is 0 Å². The fourth-order valence-electron chi connectivity index (χ4n) is 2.01. The number of fused-ring (bicyclic) bond motifs is 1. The predicted octanol–water partition coefficient (Wildman–Crippen LogP) is 2.18. The number of nitrogens with zero attached hydrogens (tertiary/aromatic N) is 1. The topological polar surface area (TPSA) is 56.5 Å². The van der Waals surface area contributed by atoms with E-state index < -0.39 is 0 Å². The lowest BCUT2D eigenvalue weighted by molar-refractivity contribution is 0.679. The molecule has 0 aliphatic carbocycles. The summed E-state index contributed by atoms with van der Waals surface area (Å²) in [6.45, 7) is 1.65. The largest absolute Gasteiger partial charge is 0.361 e. The highest BCUT2D eigenvalue weighted by Gasteiger charge is 2.01. The van der Waals surface area contributed by atoms with Crippen molar-refractivity contribution in [2.45, 2.75) is 13.1 Å². The first-order valence-electron chi connectivity index (χ1n) is 5.67. The highest BCUT2D eigenvalue weighted by molar-refractivity contribution is 5.82. The third-order valence-electron chi connectivity index (χ3n) is 2.86. The Bertz CT molecular complexity index is 595. The van der Waals surface area contributed by atoms with E-state index in [4.69, 9.17) is 0 Å². The summed E-state index contributed by atoms with van der Waals surface area (Å²) in [5.74, 6) is 0. The van der Waals surface area contributed by atoms with E-state index in [0.29, 0.717) is 0 Å². The first-order chi connectivity index (χ1) is 8.43. The molecule has 2 aromatic heterocycles. The van der Waals surface area contributed by atoms with Gasteiger partial charge in [0.1, 0.15) is 0 Å². The van der Waals surface area contributed by atoms with Crippen LogP contribution < -0.4 is 5.32 Å². The molecule has 0 amide bonds. The second-order valence-corrected chi connectivity index (χ2v) is 4.04. The maximum absolute atomic E-state index is 3.92. The molecular weight excluding hydrogens is 212 g/mol. The molecule has 4 heteroatoms. The summed E-state index contributed by atoms with van der Waals surface area (Å²) in [4.78, 5) is 3.27. The minimum absolute atomic E-state index is 0.803. The average molecular weight is 226 g/mol. The molecule has 3 N–H and O–H groups in total.